The highest BCUT2D eigenvalue weighted by Gasteiger charge is 2.13. The van der Waals surface area contributed by atoms with Crippen molar-refractivity contribution >= 4 is 35.6 Å². The molecular weight excluding hydrogens is 465 g/mol. The van der Waals surface area contributed by atoms with Gasteiger partial charge in [-0.05, 0) is 23.8 Å². The summed E-state index contributed by atoms with van der Waals surface area (Å²) < 4.78 is 28.8. The molecule has 0 spiro atoms. The van der Waals surface area contributed by atoms with Gasteiger partial charge in [-0.15, -0.1) is 34.2 Å². The van der Waals surface area contributed by atoms with Crippen LogP contribution in [0.4, 0.5) is 8.78 Å². The fourth-order valence-electron chi connectivity index (χ4n) is 2.66. The number of hydrogen-bond donors (Lipinski definition) is 2. The van der Waals surface area contributed by atoms with Gasteiger partial charge in [-0.25, -0.2) is 8.78 Å². The number of nitrogens with zero attached hydrogens (tertiary/aromatic N) is 4. The molecule has 3 rings (SSSR count). The summed E-state index contributed by atoms with van der Waals surface area (Å²) in [6, 6.07) is 9.31. The van der Waals surface area contributed by atoms with Crippen LogP contribution in [-0.2, 0) is 6.54 Å². The van der Waals surface area contributed by atoms with E-state index in [1.165, 1.54) is 12.1 Å². The van der Waals surface area contributed by atoms with E-state index in [4.69, 9.17) is 0 Å². The Bertz CT molecular complexity index is 927. The van der Waals surface area contributed by atoms with Gasteiger partial charge in [0.1, 0.15) is 11.6 Å². The first kappa shape index (κ1) is 21.0. The largest absolute Gasteiger partial charge is 0.356 e. The molecule has 2 N–H and O–H groups in total. The molecule has 144 valence electrons. The van der Waals surface area contributed by atoms with Crippen molar-refractivity contribution in [2.45, 2.75) is 19.4 Å². The van der Waals surface area contributed by atoms with E-state index in [1.54, 1.807) is 7.05 Å². The predicted octanol–water partition coefficient (Wildman–Crippen LogP) is 3.09. The van der Waals surface area contributed by atoms with Crippen LogP contribution in [0.5, 0.6) is 0 Å². The summed E-state index contributed by atoms with van der Waals surface area (Å²) in [5.41, 5.74) is 1.23. The van der Waals surface area contributed by atoms with Crippen LogP contribution < -0.4 is 10.6 Å². The Balaban J connectivity index is 0.00000261. The van der Waals surface area contributed by atoms with Gasteiger partial charge in [0.25, 0.3) is 0 Å². The molecule has 0 aliphatic heterocycles. The van der Waals surface area contributed by atoms with Gasteiger partial charge in [0.2, 0.25) is 0 Å². The lowest BCUT2D eigenvalue weighted by Crippen LogP contribution is -2.39. The Labute approximate surface area is 173 Å². The molecule has 2 aromatic heterocycles. The number of hydrogen-bond acceptors (Lipinski definition) is 3. The molecule has 0 amide bonds. The monoisotopic (exact) mass is 486 g/mol. The lowest BCUT2D eigenvalue weighted by Gasteiger charge is -2.16. The average Bonchev–Trinajstić information content (AvgIpc) is 3.05. The molecule has 0 aliphatic carbocycles. The smallest absolute Gasteiger partial charge is 0.191 e. The number of benzene rings is 1. The average molecular weight is 486 g/mol. The van der Waals surface area contributed by atoms with E-state index in [0.717, 1.165) is 17.5 Å². The third-order valence-electron chi connectivity index (χ3n) is 4.09. The minimum atomic E-state index is -0.579. The lowest BCUT2D eigenvalue weighted by molar-refractivity contribution is 0.556. The van der Waals surface area contributed by atoms with Crippen LogP contribution in [-0.4, -0.2) is 34.2 Å². The zero-order valence-corrected chi connectivity index (χ0v) is 17.3. The fourth-order valence-corrected chi connectivity index (χ4v) is 2.66. The predicted molar refractivity (Wildman–Crippen MR) is 111 cm³/mol. The lowest BCUT2D eigenvalue weighted by atomic mass is 10.0. The third kappa shape index (κ3) is 5.12. The second-order valence-corrected chi connectivity index (χ2v) is 5.92. The quantitative estimate of drug-likeness (QED) is 0.331. The first-order chi connectivity index (χ1) is 12.6. The Morgan fingerprint density at radius 1 is 1.19 bits per heavy atom. The Morgan fingerprint density at radius 3 is 2.74 bits per heavy atom. The molecule has 1 unspecified atom stereocenters. The van der Waals surface area contributed by atoms with Crippen LogP contribution in [0.3, 0.4) is 0 Å². The van der Waals surface area contributed by atoms with Crippen LogP contribution >= 0.6 is 24.0 Å². The van der Waals surface area contributed by atoms with Crippen LogP contribution in [0.15, 0.2) is 47.6 Å². The summed E-state index contributed by atoms with van der Waals surface area (Å²) in [4.78, 5) is 4.15. The van der Waals surface area contributed by atoms with E-state index in [-0.39, 0.29) is 29.9 Å². The van der Waals surface area contributed by atoms with Gasteiger partial charge in [-0.3, -0.25) is 9.39 Å². The van der Waals surface area contributed by atoms with E-state index in [9.17, 15) is 8.78 Å². The standard InChI is InChI=1S/C18H20F2N6.HI/c1-12(14-7-6-13(19)9-15(14)20)10-22-18(21-2)23-11-17-25-24-16-5-3-4-8-26(16)17;/h3-9,12H,10-11H2,1-2H3,(H2,21,22,23);1H. The Kier molecular flexibility index (Phi) is 7.45. The summed E-state index contributed by atoms with van der Waals surface area (Å²) in [7, 11) is 1.65. The van der Waals surface area contributed by atoms with Gasteiger partial charge in [0.15, 0.2) is 17.4 Å². The van der Waals surface area contributed by atoms with E-state index < -0.39 is 11.6 Å². The molecule has 0 aliphatic rings. The first-order valence-electron chi connectivity index (χ1n) is 8.26. The molecule has 0 bridgehead atoms. The maximum absolute atomic E-state index is 13.9. The second kappa shape index (κ2) is 9.58. The molecule has 1 atom stereocenters. The maximum atomic E-state index is 13.9. The first-order valence-corrected chi connectivity index (χ1v) is 8.26. The van der Waals surface area contributed by atoms with Crippen LogP contribution in [0.1, 0.15) is 24.2 Å². The van der Waals surface area contributed by atoms with Crippen molar-refractivity contribution in [3.05, 3.63) is 65.6 Å². The molecular formula is C18H21F2IN6. The molecule has 27 heavy (non-hydrogen) atoms. The van der Waals surface area contributed by atoms with Gasteiger partial charge in [-0.2, -0.15) is 0 Å². The number of fused-ring (bicyclic) bond motifs is 1. The minimum absolute atomic E-state index is 0. The summed E-state index contributed by atoms with van der Waals surface area (Å²) in [5, 5.41) is 14.5. The van der Waals surface area contributed by atoms with Crippen molar-refractivity contribution < 1.29 is 8.78 Å². The van der Waals surface area contributed by atoms with Gasteiger partial charge in [0.05, 0.1) is 6.54 Å². The summed E-state index contributed by atoms with van der Waals surface area (Å²) >= 11 is 0. The number of aliphatic imine (C=N–C) groups is 1. The SMILES string of the molecule is CN=C(NCc1nnc2ccccn12)NCC(C)c1ccc(F)cc1F.I. The van der Waals surface area contributed by atoms with Crippen molar-refractivity contribution in [2.75, 3.05) is 13.6 Å². The molecule has 2 heterocycles. The highest BCUT2D eigenvalue weighted by Crippen LogP contribution is 2.19. The number of aromatic nitrogens is 3. The molecule has 0 saturated carbocycles. The molecule has 0 fully saturated rings. The minimum Gasteiger partial charge on any atom is -0.356 e. The van der Waals surface area contributed by atoms with E-state index in [0.29, 0.717) is 24.6 Å². The highest BCUT2D eigenvalue weighted by molar-refractivity contribution is 14.0. The number of nitrogens with one attached hydrogen (secondary N) is 2. The Hall–Kier alpha value is -2.30. The van der Waals surface area contributed by atoms with Crippen molar-refractivity contribution in [3.63, 3.8) is 0 Å². The van der Waals surface area contributed by atoms with Gasteiger partial charge < -0.3 is 10.6 Å². The van der Waals surface area contributed by atoms with Gasteiger partial charge >= 0.3 is 0 Å². The highest BCUT2D eigenvalue weighted by atomic mass is 127. The fraction of sp³-hybridized carbons (Fsp3) is 0.278. The van der Waals surface area contributed by atoms with E-state index >= 15 is 0 Å². The van der Waals surface area contributed by atoms with Crippen LogP contribution in [0, 0.1) is 11.6 Å². The molecule has 0 radical (unpaired) electrons. The number of rotatable bonds is 5. The van der Waals surface area contributed by atoms with Gasteiger partial charge in [-0.1, -0.05) is 19.1 Å². The van der Waals surface area contributed by atoms with Crippen molar-refractivity contribution in [1.82, 2.24) is 25.2 Å². The molecule has 3 aromatic rings. The number of guanidine groups is 1. The topological polar surface area (TPSA) is 66.6 Å². The molecule has 0 saturated heterocycles. The van der Waals surface area contributed by atoms with Crippen molar-refractivity contribution in [2.24, 2.45) is 4.99 Å². The summed E-state index contributed by atoms with van der Waals surface area (Å²) in [5.74, 6) is 0.0397. The number of halogens is 3. The van der Waals surface area contributed by atoms with Crippen LogP contribution in [0.2, 0.25) is 0 Å². The maximum Gasteiger partial charge on any atom is 0.191 e. The Morgan fingerprint density at radius 2 is 2.00 bits per heavy atom. The van der Waals surface area contributed by atoms with Crippen molar-refractivity contribution in [1.29, 1.82) is 0 Å². The third-order valence-corrected chi connectivity index (χ3v) is 4.09. The van der Waals surface area contributed by atoms with E-state index in [2.05, 4.69) is 25.8 Å². The van der Waals surface area contributed by atoms with Crippen molar-refractivity contribution in [3.8, 4) is 0 Å². The van der Waals surface area contributed by atoms with E-state index in [1.807, 2.05) is 35.7 Å². The summed E-state index contributed by atoms with van der Waals surface area (Å²) in [6.45, 7) is 2.75. The van der Waals surface area contributed by atoms with Gasteiger partial charge in [0, 0.05) is 31.8 Å². The zero-order valence-electron chi connectivity index (χ0n) is 15.0. The molecule has 9 heteroatoms. The van der Waals surface area contributed by atoms with Crippen LogP contribution in [0.25, 0.3) is 5.65 Å². The normalized spacial score (nSPS) is 12.5. The zero-order chi connectivity index (χ0) is 18.5. The molecule has 6 nitrogen and oxygen atoms in total. The summed E-state index contributed by atoms with van der Waals surface area (Å²) in [6.07, 6.45) is 1.89. The second-order valence-electron chi connectivity index (χ2n) is 5.92. The number of pyridine rings is 1. The molecule has 1 aromatic carbocycles.